The molecular weight excluding hydrogens is 261 g/mol. The Labute approximate surface area is 86.8 Å². The van der Waals surface area contributed by atoms with E-state index in [1.807, 2.05) is 18.2 Å². The maximum absolute atomic E-state index is 7.44. The zero-order chi connectivity index (χ0) is 8.97. The first kappa shape index (κ1) is 9.71. The molecule has 0 spiro atoms. The fourth-order valence-electron chi connectivity index (χ4n) is 1.06. The highest BCUT2D eigenvalue weighted by molar-refractivity contribution is 14.1. The molecule has 0 saturated heterocycles. The van der Waals surface area contributed by atoms with Crippen molar-refractivity contribution in [2.45, 2.75) is 13.3 Å². The minimum atomic E-state index is 0.355. The molecule has 1 aromatic carbocycles. The van der Waals surface area contributed by atoms with Gasteiger partial charge in [0.15, 0.2) is 0 Å². The van der Waals surface area contributed by atoms with Crippen molar-refractivity contribution in [1.82, 2.24) is 0 Å². The van der Waals surface area contributed by atoms with E-state index in [0.717, 1.165) is 10.1 Å². The van der Waals surface area contributed by atoms with Crippen LogP contribution in [-0.4, -0.2) is 3.72 Å². The summed E-state index contributed by atoms with van der Waals surface area (Å²) in [5.41, 5.74) is 1.31. The Morgan fingerprint density at radius 2 is 2.00 bits per heavy atom. The lowest BCUT2D eigenvalue weighted by Crippen LogP contribution is -2.05. The summed E-state index contributed by atoms with van der Waals surface area (Å²) in [4.78, 5) is 0. The van der Waals surface area contributed by atoms with Crippen molar-refractivity contribution in [3.63, 3.8) is 0 Å². The lowest BCUT2D eigenvalue weighted by molar-refractivity contribution is 0.777. The van der Waals surface area contributed by atoms with Crippen molar-refractivity contribution in [2.24, 2.45) is 5.92 Å². The second-order valence-electron chi connectivity index (χ2n) is 2.94. The van der Waals surface area contributed by atoms with Gasteiger partial charge < -0.3 is 0 Å². The third-order valence-corrected chi connectivity index (χ3v) is 2.88. The third kappa shape index (κ3) is 2.93. The fourth-order valence-corrected chi connectivity index (χ4v) is 1.28. The van der Waals surface area contributed by atoms with Crippen LogP contribution in [0.3, 0.4) is 0 Å². The SMILES string of the molecule is CC(Cc1ccccc1)C(=N)I. The van der Waals surface area contributed by atoms with Crippen molar-refractivity contribution < 1.29 is 0 Å². The monoisotopic (exact) mass is 273 g/mol. The van der Waals surface area contributed by atoms with Gasteiger partial charge in [0.2, 0.25) is 0 Å². The summed E-state index contributed by atoms with van der Waals surface area (Å²) in [6, 6.07) is 10.3. The summed E-state index contributed by atoms with van der Waals surface area (Å²) in [6.45, 7) is 2.09. The zero-order valence-electron chi connectivity index (χ0n) is 7.05. The van der Waals surface area contributed by atoms with Crippen molar-refractivity contribution >= 4 is 26.3 Å². The van der Waals surface area contributed by atoms with E-state index >= 15 is 0 Å². The molecule has 1 aromatic rings. The summed E-state index contributed by atoms with van der Waals surface area (Å²) in [5.74, 6) is 0.355. The van der Waals surface area contributed by atoms with Crippen LogP contribution >= 0.6 is 22.6 Å². The van der Waals surface area contributed by atoms with Crippen molar-refractivity contribution in [1.29, 1.82) is 5.41 Å². The van der Waals surface area contributed by atoms with Crippen LogP contribution in [-0.2, 0) is 6.42 Å². The molecular formula is C10H12IN. The summed E-state index contributed by atoms with van der Waals surface area (Å²) in [5, 5.41) is 7.44. The first-order valence-corrected chi connectivity index (χ1v) is 5.06. The first-order chi connectivity index (χ1) is 5.70. The Balaban J connectivity index is 2.58. The highest BCUT2D eigenvalue weighted by Gasteiger charge is 2.05. The highest BCUT2D eigenvalue weighted by atomic mass is 127. The second kappa shape index (κ2) is 4.60. The normalized spacial score (nSPS) is 12.5. The maximum atomic E-state index is 7.44. The lowest BCUT2D eigenvalue weighted by Gasteiger charge is -2.07. The number of nitrogens with one attached hydrogen (secondary N) is 1. The largest absolute Gasteiger partial charge is 0.298 e. The average molecular weight is 273 g/mol. The molecule has 0 amide bonds. The molecule has 12 heavy (non-hydrogen) atoms. The highest BCUT2D eigenvalue weighted by Crippen LogP contribution is 2.11. The van der Waals surface area contributed by atoms with Gasteiger partial charge in [-0.25, -0.2) is 0 Å². The Bertz CT molecular complexity index is 256. The average Bonchev–Trinajstić information content (AvgIpc) is 2.06. The van der Waals surface area contributed by atoms with Crippen molar-refractivity contribution in [2.75, 3.05) is 0 Å². The van der Waals surface area contributed by atoms with Crippen LogP contribution in [0.2, 0.25) is 0 Å². The number of hydrogen-bond acceptors (Lipinski definition) is 1. The van der Waals surface area contributed by atoms with Crippen LogP contribution in [0.15, 0.2) is 30.3 Å². The van der Waals surface area contributed by atoms with Gasteiger partial charge in [-0.15, -0.1) is 0 Å². The van der Waals surface area contributed by atoms with Gasteiger partial charge in [0.1, 0.15) is 0 Å². The van der Waals surface area contributed by atoms with E-state index in [4.69, 9.17) is 5.41 Å². The molecule has 0 fully saturated rings. The molecule has 2 heteroatoms. The van der Waals surface area contributed by atoms with Crippen LogP contribution in [0.25, 0.3) is 0 Å². The van der Waals surface area contributed by atoms with Gasteiger partial charge in [-0.1, -0.05) is 37.3 Å². The molecule has 0 aliphatic rings. The topological polar surface area (TPSA) is 23.9 Å². The van der Waals surface area contributed by atoms with Crippen LogP contribution in [0.1, 0.15) is 12.5 Å². The molecule has 0 bridgehead atoms. The van der Waals surface area contributed by atoms with Gasteiger partial charge in [-0.3, -0.25) is 5.41 Å². The van der Waals surface area contributed by atoms with Crippen molar-refractivity contribution in [3.8, 4) is 0 Å². The summed E-state index contributed by atoms with van der Waals surface area (Å²) in [6.07, 6.45) is 0.975. The zero-order valence-corrected chi connectivity index (χ0v) is 9.21. The van der Waals surface area contributed by atoms with E-state index in [1.165, 1.54) is 5.56 Å². The summed E-state index contributed by atoms with van der Waals surface area (Å²) >= 11 is 2.08. The molecule has 0 aliphatic heterocycles. The first-order valence-electron chi connectivity index (χ1n) is 3.98. The molecule has 1 atom stereocenters. The molecule has 0 aliphatic carbocycles. The van der Waals surface area contributed by atoms with E-state index in [2.05, 4.69) is 41.6 Å². The Morgan fingerprint density at radius 3 is 2.50 bits per heavy atom. The van der Waals surface area contributed by atoms with Crippen LogP contribution in [0.4, 0.5) is 0 Å². The minimum absolute atomic E-state index is 0.355. The number of halogens is 1. The molecule has 1 nitrogen and oxygen atoms in total. The fraction of sp³-hybridized carbons (Fsp3) is 0.300. The molecule has 64 valence electrons. The molecule has 0 heterocycles. The minimum Gasteiger partial charge on any atom is -0.298 e. The molecule has 1 N–H and O–H groups in total. The van der Waals surface area contributed by atoms with E-state index in [9.17, 15) is 0 Å². The third-order valence-electron chi connectivity index (χ3n) is 1.82. The maximum Gasteiger partial charge on any atom is 0.0725 e. The quantitative estimate of drug-likeness (QED) is 0.645. The number of rotatable bonds is 3. The molecule has 0 aromatic heterocycles. The summed E-state index contributed by atoms with van der Waals surface area (Å²) in [7, 11) is 0. The summed E-state index contributed by atoms with van der Waals surface area (Å²) < 4.78 is 0.733. The van der Waals surface area contributed by atoms with Crippen molar-refractivity contribution in [3.05, 3.63) is 35.9 Å². The Hall–Kier alpha value is -0.380. The van der Waals surface area contributed by atoms with E-state index in [0.29, 0.717) is 5.92 Å². The lowest BCUT2D eigenvalue weighted by atomic mass is 10.0. The van der Waals surface area contributed by atoms with Crippen LogP contribution in [0, 0.1) is 11.3 Å². The predicted octanol–water partition coefficient (Wildman–Crippen LogP) is 3.28. The van der Waals surface area contributed by atoms with Gasteiger partial charge in [-0.2, -0.15) is 0 Å². The Kier molecular flexibility index (Phi) is 3.72. The number of hydrogen-bond donors (Lipinski definition) is 1. The standard InChI is InChI=1S/C10H12IN/c1-8(10(11)12)7-9-5-3-2-4-6-9/h2-6,8,12H,7H2,1H3. The van der Waals surface area contributed by atoms with Gasteiger partial charge in [0.05, 0.1) is 3.72 Å². The van der Waals surface area contributed by atoms with E-state index < -0.39 is 0 Å². The smallest absolute Gasteiger partial charge is 0.0725 e. The Morgan fingerprint density at radius 1 is 1.42 bits per heavy atom. The van der Waals surface area contributed by atoms with Gasteiger partial charge in [0.25, 0.3) is 0 Å². The van der Waals surface area contributed by atoms with E-state index in [-0.39, 0.29) is 0 Å². The molecule has 0 radical (unpaired) electrons. The number of benzene rings is 1. The molecule has 1 unspecified atom stereocenters. The molecule has 1 rings (SSSR count). The van der Waals surface area contributed by atoms with Gasteiger partial charge in [0, 0.05) is 5.92 Å². The van der Waals surface area contributed by atoms with Gasteiger partial charge in [-0.05, 0) is 34.6 Å². The predicted molar refractivity (Wildman–Crippen MR) is 61.1 cm³/mol. The molecule has 0 saturated carbocycles. The van der Waals surface area contributed by atoms with Gasteiger partial charge >= 0.3 is 0 Å². The second-order valence-corrected chi connectivity index (χ2v) is 4.10. The van der Waals surface area contributed by atoms with Crippen LogP contribution < -0.4 is 0 Å². The van der Waals surface area contributed by atoms with E-state index in [1.54, 1.807) is 0 Å². The van der Waals surface area contributed by atoms with Crippen LogP contribution in [0.5, 0.6) is 0 Å².